The number of benzene rings is 1. The lowest BCUT2D eigenvalue weighted by atomic mass is 9.85. The summed E-state index contributed by atoms with van der Waals surface area (Å²) in [4.78, 5) is 0. The van der Waals surface area contributed by atoms with E-state index in [0.717, 1.165) is 12.2 Å². The molecule has 1 atom stereocenters. The molecule has 1 aromatic rings. The van der Waals surface area contributed by atoms with Gasteiger partial charge in [0.1, 0.15) is 5.75 Å². The van der Waals surface area contributed by atoms with Gasteiger partial charge in [0, 0.05) is 13.0 Å². The van der Waals surface area contributed by atoms with Gasteiger partial charge in [0.15, 0.2) is 0 Å². The molecule has 0 saturated heterocycles. The molecule has 19 heavy (non-hydrogen) atoms. The van der Waals surface area contributed by atoms with Gasteiger partial charge >= 0.3 is 0 Å². The van der Waals surface area contributed by atoms with Gasteiger partial charge in [-0.3, -0.25) is 0 Å². The van der Waals surface area contributed by atoms with Gasteiger partial charge in [0.25, 0.3) is 0 Å². The van der Waals surface area contributed by atoms with E-state index in [0.29, 0.717) is 13.0 Å². The average Bonchev–Trinajstić information content (AvgIpc) is 2.37. The molecule has 1 unspecified atom stereocenters. The van der Waals surface area contributed by atoms with Crippen molar-refractivity contribution >= 4 is 0 Å². The summed E-state index contributed by atoms with van der Waals surface area (Å²) in [5.74, 6) is 0.911. The van der Waals surface area contributed by atoms with Gasteiger partial charge in [-0.05, 0) is 29.0 Å². The second-order valence-electron chi connectivity index (χ2n) is 5.96. The number of hydrogen-bond donors (Lipinski definition) is 2. The standard InChI is InChI=1S/C16H27NO2/c1-5-12-6-7-15(14(10-12)16(2,3)4)19-9-8-13(18)11-17/h6-7,10,13,18H,5,8-9,11,17H2,1-4H3. The Morgan fingerprint density at radius 3 is 2.53 bits per heavy atom. The fourth-order valence-electron chi connectivity index (χ4n) is 1.93. The summed E-state index contributed by atoms with van der Waals surface area (Å²) in [6, 6.07) is 6.35. The topological polar surface area (TPSA) is 55.5 Å². The summed E-state index contributed by atoms with van der Waals surface area (Å²) in [5, 5.41) is 9.44. The number of aryl methyl sites for hydroxylation is 1. The molecule has 0 heterocycles. The van der Waals surface area contributed by atoms with Crippen LogP contribution in [0.15, 0.2) is 18.2 Å². The fraction of sp³-hybridized carbons (Fsp3) is 0.625. The van der Waals surface area contributed by atoms with Crippen LogP contribution in [0.5, 0.6) is 5.75 Å². The van der Waals surface area contributed by atoms with Crippen molar-refractivity contribution in [2.24, 2.45) is 5.73 Å². The molecule has 0 aromatic heterocycles. The van der Waals surface area contributed by atoms with E-state index in [9.17, 15) is 5.11 Å². The van der Waals surface area contributed by atoms with Gasteiger partial charge in [0.05, 0.1) is 12.7 Å². The molecule has 3 N–H and O–H groups in total. The molecule has 1 aromatic carbocycles. The zero-order valence-electron chi connectivity index (χ0n) is 12.6. The Hall–Kier alpha value is -1.06. The molecule has 0 fully saturated rings. The Morgan fingerprint density at radius 2 is 2.00 bits per heavy atom. The molecule has 3 heteroatoms. The van der Waals surface area contributed by atoms with Crippen LogP contribution in [0.2, 0.25) is 0 Å². The molecular weight excluding hydrogens is 238 g/mol. The van der Waals surface area contributed by atoms with Crippen LogP contribution >= 0.6 is 0 Å². The molecule has 108 valence electrons. The highest BCUT2D eigenvalue weighted by molar-refractivity contribution is 5.41. The molecule has 1 rings (SSSR count). The summed E-state index contributed by atoms with van der Waals surface area (Å²) in [6.07, 6.45) is 1.11. The summed E-state index contributed by atoms with van der Waals surface area (Å²) in [7, 11) is 0. The molecule has 3 nitrogen and oxygen atoms in total. The van der Waals surface area contributed by atoms with E-state index in [-0.39, 0.29) is 12.0 Å². The van der Waals surface area contributed by atoms with Gasteiger partial charge in [0.2, 0.25) is 0 Å². The van der Waals surface area contributed by atoms with Gasteiger partial charge in [-0.1, -0.05) is 39.8 Å². The minimum absolute atomic E-state index is 0.0486. The van der Waals surface area contributed by atoms with Crippen LogP contribution in [0.4, 0.5) is 0 Å². The Kier molecular flexibility index (Phi) is 5.83. The minimum Gasteiger partial charge on any atom is -0.493 e. The van der Waals surface area contributed by atoms with Gasteiger partial charge < -0.3 is 15.6 Å². The van der Waals surface area contributed by atoms with E-state index in [1.807, 2.05) is 6.07 Å². The largest absolute Gasteiger partial charge is 0.493 e. The Labute approximate surface area is 116 Å². The third kappa shape index (κ3) is 4.84. The predicted molar refractivity (Wildman–Crippen MR) is 79.7 cm³/mol. The van der Waals surface area contributed by atoms with Crippen molar-refractivity contribution in [3.63, 3.8) is 0 Å². The lowest BCUT2D eigenvalue weighted by Gasteiger charge is -2.24. The maximum Gasteiger partial charge on any atom is 0.123 e. The number of aliphatic hydroxyl groups excluding tert-OH is 1. The second kappa shape index (κ2) is 6.92. The molecule has 0 saturated carbocycles. The number of aliphatic hydroxyl groups is 1. The Bertz CT molecular complexity index is 396. The van der Waals surface area contributed by atoms with Crippen molar-refractivity contribution in [2.75, 3.05) is 13.2 Å². The van der Waals surface area contributed by atoms with E-state index >= 15 is 0 Å². The van der Waals surface area contributed by atoms with Crippen molar-refractivity contribution in [3.05, 3.63) is 29.3 Å². The summed E-state index contributed by atoms with van der Waals surface area (Å²) in [5.41, 5.74) is 7.97. The first-order valence-corrected chi connectivity index (χ1v) is 7.02. The van der Waals surface area contributed by atoms with Crippen LogP contribution in [-0.2, 0) is 11.8 Å². The van der Waals surface area contributed by atoms with E-state index < -0.39 is 6.10 Å². The van der Waals surface area contributed by atoms with E-state index in [1.54, 1.807) is 0 Å². The normalized spacial score (nSPS) is 13.4. The van der Waals surface area contributed by atoms with Crippen LogP contribution in [0.3, 0.4) is 0 Å². The van der Waals surface area contributed by atoms with E-state index in [2.05, 4.69) is 39.8 Å². The van der Waals surface area contributed by atoms with Crippen molar-refractivity contribution in [1.29, 1.82) is 0 Å². The van der Waals surface area contributed by atoms with Gasteiger partial charge in [-0.15, -0.1) is 0 Å². The highest BCUT2D eigenvalue weighted by atomic mass is 16.5. The van der Waals surface area contributed by atoms with Crippen molar-refractivity contribution in [3.8, 4) is 5.75 Å². The summed E-state index contributed by atoms with van der Waals surface area (Å²) >= 11 is 0. The minimum atomic E-state index is -0.479. The van der Waals surface area contributed by atoms with Crippen molar-refractivity contribution in [1.82, 2.24) is 0 Å². The summed E-state index contributed by atoms with van der Waals surface area (Å²) in [6.45, 7) is 9.48. The fourth-order valence-corrected chi connectivity index (χ4v) is 1.93. The quantitative estimate of drug-likeness (QED) is 0.831. The molecule has 0 aliphatic rings. The van der Waals surface area contributed by atoms with Gasteiger partial charge in [-0.25, -0.2) is 0 Å². The number of ether oxygens (including phenoxy) is 1. The average molecular weight is 265 g/mol. The predicted octanol–water partition coefficient (Wildman–Crippen LogP) is 2.64. The molecule has 0 amide bonds. The SMILES string of the molecule is CCc1ccc(OCCC(O)CN)c(C(C)(C)C)c1. The first kappa shape index (κ1) is 16.0. The monoisotopic (exact) mass is 265 g/mol. The molecular formula is C16H27NO2. The molecule has 0 aliphatic carbocycles. The molecule has 0 aliphatic heterocycles. The van der Waals surface area contributed by atoms with Crippen LogP contribution in [0, 0.1) is 0 Å². The third-order valence-electron chi connectivity index (χ3n) is 3.24. The van der Waals surface area contributed by atoms with Crippen molar-refractivity contribution in [2.45, 2.75) is 52.1 Å². The Morgan fingerprint density at radius 1 is 1.32 bits per heavy atom. The van der Waals surface area contributed by atoms with E-state index in [4.69, 9.17) is 10.5 Å². The van der Waals surface area contributed by atoms with Crippen LogP contribution in [0.1, 0.15) is 45.2 Å². The van der Waals surface area contributed by atoms with Crippen LogP contribution in [0.25, 0.3) is 0 Å². The highest BCUT2D eigenvalue weighted by Crippen LogP contribution is 2.32. The zero-order valence-corrected chi connectivity index (χ0v) is 12.6. The first-order valence-electron chi connectivity index (χ1n) is 7.02. The maximum atomic E-state index is 9.44. The smallest absolute Gasteiger partial charge is 0.123 e. The van der Waals surface area contributed by atoms with E-state index in [1.165, 1.54) is 11.1 Å². The highest BCUT2D eigenvalue weighted by Gasteiger charge is 2.19. The molecule has 0 bridgehead atoms. The lowest BCUT2D eigenvalue weighted by molar-refractivity contribution is 0.145. The third-order valence-corrected chi connectivity index (χ3v) is 3.24. The summed E-state index contributed by atoms with van der Waals surface area (Å²) < 4.78 is 5.82. The molecule has 0 radical (unpaired) electrons. The van der Waals surface area contributed by atoms with Crippen LogP contribution < -0.4 is 10.5 Å². The first-order chi connectivity index (χ1) is 8.88. The van der Waals surface area contributed by atoms with Crippen LogP contribution in [-0.4, -0.2) is 24.4 Å². The Balaban J connectivity index is 2.82. The zero-order chi connectivity index (χ0) is 14.5. The molecule has 0 spiro atoms. The number of rotatable bonds is 6. The maximum absolute atomic E-state index is 9.44. The number of hydrogen-bond acceptors (Lipinski definition) is 3. The number of nitrogens with two attached hydrogens (primary N) is 1. The van der Waals surface area contributed by atoms with Crippen molar-refractivity contribution < 1.29 is 9.84 Å². The lowest BCUT2D eigenvalue weighted by Crippen LogP contribution is -2.22. The second-order valence-corrected chi connectivity index (χ2v) is 5.96. The van der Waals surface area contributed by atoms with Gasteiger partial charge in [-0.2, -0.15) is 0 Å².